The molecular weight excluding hydrogens is 552 g/mol. The van der Waals surface area contributed by atoms with Crippen molar-refractivity contribution in [2.45, 2.75) is 208 Å². The van der Waals surface area contributed by atoms with E-state index in [2.05, 4.69) is 51.1 Å². The van der Waals surface area contributed by atoms with Crippen LogP contribution in [0.15, 0.2) is 42.0 Å². The van der Waals surface area contributed by atoms with Crippen LogP contribution in [0.25, 0.3) is 0 Å². The number of ether oxygens (including phenoxy) is 2. The van der Waals surface area contributed by atoms with Crippen LogP contribution in [-0.4, -0.2) is 17.7 Å². The first-order chi connectivity index (χ1) is 21.7. The monoisotopic (exact) mass is 627 g/mol. The summed E-state index contributed by atoms with van der Waals surface area (Å²) in [4.78, 5) is 13.5. The number of rotatable bonds is 29. The zero-order chi connectivity index (χ0) is 33.0. The molecule has 3 nitrogen and oxygen atoms in total. The Morgan fingerprint density at radius 3 is 1.60 bits per heavy atom. The second-order valence-electron chi connectivity index (χ2n) is 14.8. The molecule has 0 unspecified atom stereocenters. The van der Waals surface area contributed by atoms with E-state index >= 15 is 0 Å². The lowest BCUT2D eigenvalue weighted by Crippen LogP contribution is -2.36. The van der Waals surface area contributed by atoms with Gasteiger partial charge >= 0.3 is 5.97 Å². The lowest BCUT2D eigenvalue weighted by Gasteiger charge is -2.29. The highest BCUT2D eigenvalue weighted by Crippen LogP contribution is 2.27. The molecule has 0 saturated carbocycles. The first kappa shape index (κ1) is 41.4. The van der Waals surface area contributed by atoms with Crippen LogP contribution >= 0.6 is 0 Å². The topological polar surface area (TPSA) is 35.5 Å². The Balaban J connectivity index is 2.41. The lowest BCUT2D eigenvalue weighted by atomic mass is 9.91. The number of benzene rings is 1. The van der Waals surface area contributed by atoms with Gasteiger partial charge in [0.15, 0.2) is 0 Å². The SMILES string of the molecule is CCCCCCCCCCCCCCCCCCCC[C@@H](C(=O)OC(C)(C)C)[C@@H](CCCCC=C(C)C)OCc1ccccc1. The molecule has 0 spiro atoms. The summed E-state index contributed by atoms with van der Waals surface area (Å²) in [5, 5.41) is 0. The minimum atomic E-state index is -0.489. The summed E-state index contributed by atoms with van der Waals surface area (Å²) in [6.07, 6.45) is 31.8. The Morgan fingerprint density at radius 2 is 1.13 bits per heavy atom. The molecule has 0 aliphatic rings. The minimum absolute atomic E-state index is 0.0863. The second kappa shape index (κ2) is 27.5. The molecule has 0 aliphatic carbocycles. The third-order valence-electron chi connectivity index (χ3n) is 8.83. The van der Waals surface area contributed by atoms with Crippen molar-refractivity contribution >= 4 is 5.97 Å². The largest absolute Gasteiger partial charge is 0.460 e. The van der Waals surface area contributed by atoms with Crippen LogP contribution < -0.4 is 0 Å². The summed E-state index contributed by atoms with van der Waals surface area (Å²) in [5.41, 5.74) is 2.03. The highest BCUT2D eigenvalue weighted by atomic mass is 16.6. The van der Waals surface area contributed by atoms with Crippen molar-refractivity contribution in [3.8, 4) is 0 Å². The number of allylic oxidation sites excluding steroid dienone is 2. The van der Waals surface area contributed by atoms with Gasteiger partial charge in [0, 0.05) is 0 Å². The number of carbonyl (C=O) groups excluding carboxylic acids is 1. The van der Waals surface area contributed by atoms with E-state index in [1.807, 2.05) is 26.8 Å². The minimum Gasteiger partial charge on any atom is -0.460 e. The Kier molecular flexibility index (Phi) is 25.3. The van der Waals surface area contributed by atoms with Crippen LogP contribution in [0.1, 0.15) is 195 Å². The average Bonchev–Trinajstić information content (AvgIpc) is 2.99. The van der Waals surface area contributed by atoms with E-state index in [1.165, 1.54) is 115 Å². The Bertz CT molecular complexity index is 833. The summed E-state index contributed by atoms with van der Waals surface area (Å²) in [6.45, 7) is 13.1. The van der Waals surface area contributed by atoms with E-state index < -0.39 is 5.60 Å². The van der Waals surface area contributed by atoms with Crippen molar-refractivity contribution < 1.29 is 14.3 Å². The van der Waals surface area contributed by atoms with Gasteiger partial charge in [-0.1, -0.05) is 171 Å². The molecule has 0 saturated heterocycles. The van der Waals surface area contributed by atoms with Gasteiger partial charge in [0.25, 0.3) is 0 Å². The molecule has 260 valence electrons. The fourth-order valence-corrected chi connectivity index (χ4v) is 6.16. The maximum Gasteiger partial charge on any atom is 0.312 e. The Hall–Kier alpha value is -1.61. The molecule has 0 amide bonds. The first-order valence-corrected chi connectivity index (χ1v) is 19.2. The van der Waals surface area contributed by atoms with Crippen LogP contribution in [-0.2, 0) is 20.9 Å². The van der Waals surface area contributed by atoms with Crippen LogP contribution in [0.2, 0.25) is 0 Å². The summed E-state index contributed by atoms with van der Waals surface area (Å²) in [6, 6.07) is 10.3. The third-order valence-corrected chi connectivity index (χ3v) is 8.83. The fourth-order valence-electron chi connectivity index (χ4n) is 6.16. The van der Waals surface area contributed by atoms with E-state index in [-0.39, 0.29) is 18.0 Å². The summed E-state index contributed by atoms with van der Waals surface area (Å²) >= 11 is 0. The average molecular weight is 627 g/mol. The highest BCUT2D eigenvalue weighted by Gasteiger charge is 2.32. The van der Waals surface area contributed by atoms with Crippen molar-refractivity contribution in [2.75, 3.05) is 0 Å². The molecule has 0 N–H and O–H groups in total. The van der Waals surface area contributed by atoms with Crippen LogP contribution in [0, 0.1) is 5.92 Å². The number of hydrogen-bond acceptors (Lipinski definition) is 3. The third kappa shape index (κ3) is 25.2. The molecule has 0 aromatic heterocycles. The van der Waals surface area contributed by atoms with Gasteiger partial charge in [-0.05, 0) is 65.9 Å². The first-order valence-electron chi connectivity index (χ1n) is 19.2. The van der Waals surface area contributed by atoms with Crippen molar-refractivity contribution in [3.05, 3.63) is 47.5 Å². The van der Waals surface area contributed by atoms with Gasteiger partial charge in [0.1, 0.15) is 5.60 Å². The maximum atomic E-state index is 13.5. The molecule has 0 fully saturated rings. The van der Waals surface area contributed by atoms with Crippen LogP contribution in [0.3, 0.4) is 0 Å². The van der Waals surface area contributed by atoms with Gasteiger partial charge < -0.3 is 9.47 Å². The van der Waals surface area contributed by atoms with Gasteiger partial charge in [0.05, 0.1) is 18.6 Å². The van der Waals surface area contributed by atoms with E-state index in [0.29, 0.717) is 6.61 Å². The van der Waals surface area contributed by atoms with Gasteiger partial charge in [0.2, 0.25) is 0 Å². The lowest BCUT2D eigenvalue weighted by molar-refractivity contribution is -0.167. The zero-order valence-corrected chi connectivity index (χ0v) is 30.8. The Morgan fingerprint density at radius 1 is 0.667 bits per heavy atom. The second-order valence-corrected chi connectivity index (χ2v) is 14.8. The van der Waals surface area contributed by atoms with E-state index in [1.54, 1.807) is 0 Å². The number of unbranched alkanes of at least 4 members (excludes halogenated alkanes) is 19. The van der Waals surface area contributed by atoms with Gasteiger partial charge in [-0.25, -0.2) is 0 Å². The quantitative estimate of drug-likeness (QED) is 0.0504. The van der Waals surface area contributed by atoms with E-state index in [4.69, 9.17) is 9.47 Å². The predicted octanol–water partition coefficient (Wildman–Crippen LogP) is 13.5. The van der Waals surface area contributed by atoms with Crippen molar-refractivity contribution in [1.29, 1.82) is 0 Å². The highest BCUT2D eigenvalue weighted by molar-refractivity contribution is 5.73. The maximum absolute atomic E-state index is 13.5. The number of carbonyl (C=O) groups is 1. The van der Waals surface area contributed by atoms with E-state index in [9.17, 15) is 4.79 Å². The molecule has 0 bridgehead atoms. The molecule has 0 radical (unpaired) electrons. The molecule has 1 aromatic carbocycles. The van der Waals surface area contributed by atoms with E-state index in [0.717, 1.165) is 44.1 Å². The molecule has 45 heavy (non-hydrogen) atoms. The predicted molar refractivity (Wildman–Crippen MR) is 196 cm³/mol. The Labute approximate surface area is 280 Å². The molecular formula is C42H74O3. The standard InChI is InChI=1S/C42H74O3/c1-7-8-9-10-11-12-13-14-15-16-17-18-19-20-21-22-23-29-34-39(41(43)45-42(4,5)6)40(35-30-24-26-31-37(2)3)44-36-38-32-27-25-28-33-38/h25,27-28,31-33,39-40H,7-24,26,29-30,34-36H2,1-6H3/t39-,40-/m1/s1. The van der Waals surface area contributed by atoms with Crippen LogP contribution in [0.4, 0.5) is 0 Å². The molecule has 0 heterocycles. The smallest absolute Gasteiger partial charge is 0.312 e. The molecule has 0 aliphatic heterocycles. The number of hydrogen-bond donors (Lipinski definition) is 0. The normalized spacial score (nSPS) is 13.0. The summed E-state index contributed by atoms with van der Waals surface area (Å²) in [7, 11) is 0. The molecule has 2 atom stereocenters. The van der Waals surface area contributed by atoms with Gasteiger partial charge in [-0.2, -0.15) is 0 Å². The summed E-state index contributed by atoms with van der Waals surface area (Å²) in [5.74, 6) is -0.297. The zero-order valence-electron chi connectivity index (χ0n) is 30.8. The van der Waals surface area contributed by atoms with Crippen molar-refractivity contribution in [1.82, 2.24) is 0 Å². The van der Waals surface area contributed by atoms with Crippen molar-refractivity contribution in [2.24, 2.45) is 5.92 Å². The molecule has 1 aromatic rings. The summed E-state index contributed by atoms with van der Waals surface area (Å²) < 4.78 is 12.5. The molecule has 1 rings (SSSR count). The fraction of sp³-hybridized carbons (Fsp3) is 0.786. The molecule has 3 heteroatoms. The van der Waals surface area contributed by atoms with Gasteiger partial charge in [-0.15, -0.1) is 0 Å². The van der Waals surface area contributed by atoms with Crippen LogP contribution in [0.5, 0.6) is 0 Å². The van der Waals surface area contributed by atoms with Crippen molar-refractivity contribution in [3.63, 3.8) is 0 Å². The van der Waals surface area contributed by atoms with Gasteiger partial charge in [-0.3, -0.25) is 4.79 Å². The number of esters is 1.